The van der Waals surface area contributed by atoms with Crippen LogP contribution in [0.15, 0.2) is 42.9 Å². The van der Waals surface area contributed by atoms with Gasteiger partial charge >= 0.3 is 6.03 Å². The Morgan fingerprint density at radius 2 is 1.92 bits per heavy atom. The van der Waals surface area contributed by atoms with Crippen molar-refractivity contribution in [2.24, 2.45) is 0 Å². The lowest BCUT2D eigenvalue weighted by molar-refractivity contribution is 0.191. The molecule has 25 heavy (non-hydrogen) atoms. The minimum Gasteiger partial charge on any atom is -0.352 e. The highest BCUT2D eigenvalue weighted by molar-refractivity contribution is 5.75. The minimum atomic E-state index is -0.113. The van der Waals surface area contributed by atoms with E-state index in [1.165, 1.54) is 0 Å². The summed E-state index contributed by atoms with van der Waals surface area (Å²) in [5.41, 5.74) is 1.59. The molecule has 1 N–H and O–H groups in total. The normalized spacial score (nSPS) is 15.4. The second-order valence-electron chi connectivity index (χ2n) is 5.94. The number of carbonyl (C=O) groups excluding carboxylic acids is 1. The molecule has 0 radical (unpaired) electrons. The SMILES string of the molecule is C[C@H](NC(=O)N1CCN(c2cnccn2)CC1)c1ccc(C#N)cc1. The molecule has 0 saturated carbocycles. The average molecular weight is 336 g/mol. The number of carbonyl (C=O) groups is 1. The Balaban J connectivity index is 1.53. The van der Waals surface area contributed by atoms with E-state index in [0.29, 0.717) is 18.7 Å². The van der Waals surface area contributed by atoms with E-state index >= 15 is 0 Å². The summed E-state index contributed by atoms with van der Waals surface area (Å²) < 4.78 is 0. The van der Waals surface area contributed by atoms with Crippen molar-refractivity contribution < 1.29 is 4.79 Å². The molecular weight excluding hydrogens is 316 g/mol. The van der Waals surface area contributed by atoms with E-state index in [4.69, 9.17) is 5.26 Å². The van der Waals surface area contributed by atoms with Gasteiger partial charge in [0.1, 0.15) is 5.82 Å². The van der Waals surface area contributed by atoms with Gasteiger partial charge in [-0.05, 0) is 24.6 Å². The lowest BCUT2D eigenvalue weighted by atomic mass is 10.1. The van der Waals surface area contributed by atoms with E-state index in [1.54, 1.807) is 30.7 Å². The standard InChI is InChI=1S/C18H20N6O/c1-14(16-4-2-15(12-19)3-5-16)22-18(25)24-10-8-23(9-11-24)17-13-20-6-7-21-17/h2-7,13-14H,8-11H2,1H3,(H,22,25)/t14-/m0/s1. The molecule has 128 valence electrons. The number of nitrogens with zero attached hydrogens (tertiary/aromatic N) is 5. The van der Waals surface area contributed by atoms with Gasteiger partial charge in [-0.25, -0.2) is 9.78 Å². The second kappa shape index (κ2) is 7.62. The van der Waals surface area contributed by atoms with Gasteiger partial charge in [-0.2, -0.15) is 5.26 Å². The largest absolute Gasteiger partial charge is 0.352 e. The van der Waals surface area contributed by atoms with Gasteiger partial charge in [-0.1, -0.05) is 12.1 Å². The second-order valence-corrected chi connectivity index (χ2v) is 5.94. The van der Waals surface area contributed by atoms with Crippen LogP contribution in [0.5, 0.6) is 0 Å². The van der Waals surface area contributed by atoms with Crippen molar-refractivity contribution in [2.75, 3.05) is 31.1 Å². The van der Waals surface area contributed by atoms with Gasteiger partial charge in [-0.15, -0.1) is 0 Å². The van der Waals surface area contributed by atoms with Gasteiger partial charge in [0.25, 0.3) is 0 Å². The van der Waals surface area contributed by atoms with E-state index in [-0.39, 0.29) is 12.1 Å². The van der Waals surface area contributed by atoms with E-state index < -0.39 is 0 Å². The number of aromatic nitrogens is 2. The van der Waals surface area contributed by atoms with Crippen LogP contribution in [0, 0.1) is 11.3 Å². The van der Waals surface area contributed by atoms with Crippen LogP contribution in [-0.2, 0) is 0 Å². The maximum Gasteiger partial charge on any atom is 0.317 e. The highest BCUT2D eigenvalue weighted by Crippen LogP contribution is 2.15. The van der Waals surface area contributed by atoms with Crippen molar-refractivity contribution in [2.45, 2.75) is 13.0 Å². The van der Waals surface area contributed by atoms with Gasteiger partial charge in [-0.3, -0.25) is 4.98 Å². The van der Waals surface area contributed by atoms with Crippen molar-refractivity contribution >= 4 is 11.8 Å². The summed E-state index contributed by atoms with van der Waals surface area (Å²) in [7, 11) is 0. The summed E-state index contributed by atoms with van der Waals surface area (Å²) in [5.74, 6) is 0.841. The molecule has 1 aromatic carbocycles. The van der Waals surface area contributed by atoms with Crippen molar-refractivity contribution in [1.82, 2.24) is 20.2 Å². The third-order valence-corrected chi connectivity index (χ3v) is 4.32. The minimum absolute atomic E-state index is 0.0735. The summed E-state index contributed by atoms with van der Waals surface area (Å²) in [4.78, 5) is 24.8. The highest BCUT2D eigenvalue weighted by Gasteiger charge is 2.23. The van der Waals surface area contributed by atoms with Crippen molar-refractivity contribution in [3.8, 4) is 6.07 Å². The molecule has 0 bridgehead atoms. The number of nitrogens with one attached hydrogen (secondary N) is 1. The summed E-state index contributed by atoms with van der Waals surface area (Å²) >= 11 is 0. The summed E-state index contributed by atoms with van der Waals surface area (Å²) in [6.07, 6.45) is 5.06. The Morgan fingerprint density at radius 3 is 2.52 bits per heavy atom. The third kappa shape index (κ3) is 4.04. The van der Waals surface area contributed by atoms with Gasteiger partial charge in [0.2, 0.25) is 0 Å². The molecule has 2 heterocycles. The Kier molecular flexibility index (Phi) is 5.09. The molecule has 3 rings (SSSR count). The van der Waals surface area contributed by atoms with Gasteiger partial charge in [0.15, 0.2) is 0 Å². The van der Waals surface area contributed by atoms with E-state index in [0.717, 1.165) is 24.5 Å². The maximum atomic E-state index is 12.5. The van der Waals surface area contributed by atoms with Crippen LogP contribution in [0.4, 0.5) is 10.6 Å². The summed E-state index contributed by atoms with van der Waals surface area (Å²) in [6.45, 7) is 4.69. The number of anilines is 1. The number of rotatable bonds is 3. The molecule has 7 nitrogen and oxygen atoms in total. The van der Waals surface area contributed by atoms with E-state index in [1.807, 2.05) is 24.0 Å². The predicted molar refractivity (Wildman–Crippen MR) is 93.9 cm³/mol. The number of hydrogen-bond donors (Lipinski definition) is 1. The van der Waals surface area contributed by atoms with Crippen LogP contribution >= 0.6 is 0 Å². The first-order valence-electron chi connectivity index (χ1n) is 8.24. The molecule has 0 aliphatic carbocycles. The molecule has 1 saturated heterocycles. The first-order valence-corrected chi connectivity index (χ1v) is 8.24. The highest BCUT2D eigenvalue weighted by atomic mass is 16.2. The average Bonchev–Trinajstić information content (AvgIpc) is 2.68. The van der Waals surface area contributed by atoms with Gasteiger partial charge < -0.3 is 15.1 Å². The zero-order valence-electron chi connectivity index (χ0n) is 14.1. The van der Waals surface area contributed by atoms with Crippen LogP contribution in [0.25, 0.3) is 0 Å². The zero-order chi connectivity index (χ0) is 17.6. The zero-order valence-corrected chi connectivity index (χ0v) is 14.1. The Hall–Kier alpha value is -3.14. The quantitative estimate of drug-likeness (QED) is 0.926. The number of benzene rings is 1. The van der Waals surface area contributed by atoms with Crippen LogP contribution in [0.1, 0.15) is 24.1 Å². The number of urea groups is 1. The lowest BCUT2D eigenvalue weighted by Crippen LogP contribution is -2.52. The molecule has 1 atom stereocenters. The van der Waals surface area contributed by atoms with Crippen LogP contribution in [0.3, 0.4) is 0 Å². The van der Waals surface area contributed by atoms with Crippen molar-refractivity contribution in [1.29, 1.82) is 5.26 Å². The molecule has 1 aromatic heterocycles. The fourth-order valence-corrected chi connectivity index (χ4v) is 2.80. The molecule has 1 fully saturated rings. The molecule has 7 heteroatoms. The Morgan fingerprint density at radius 1 is 1.20 bits per heavy atom. The smallest absolute Gasteiger partial charge is 0.317 e. The van der Waals surface area contributed by atoms with E-state index in [9.17, 15) is 4.79 Å². The number of nitriles is 1. The predicted octanol–water partition coefficient (Wildman–Crippen LogP) is 1.94. The molecule has 0 spiro atoms. The Labute approximate surface area is 146 Å². The van der Waals surface area contributed by atoms with Crippen molar-refractivity contribution in [3.63, 3.8) is 0 Å². The first kappa shape index (κ1) is 16.7. The lowest BCUT2D eigenvalue weighted by Gasteiger charge is -2.35. The van der Waals surface area contributed by atoms with E-state index in [2.05, 4.69) is 26.3 Å². The molecule has 1 aliphatic rings. The van der Waals surface area contributed by atoms with Crippen LogP contribution in [-0.4, -0.2) is 47.1 Å². The molecule has 1 aliphatic heterocycles. The van der Waals surface area contributed by atoms with Crippen LogP contribution in [0.2, 0.25) is 0 Å². The third-order valence-electron chi connectivity index (χ3n) is 4.32. The fraction of sp³-hybridized carbons (Fsp3) is 0.333. The molecule has 0 unspecified atom stereocenters. The maximum absolute atomic E-state index is 12.5. The van der Waals surface area contributed by atoms with Gasteiger partial charge in [0.05, 0.1) is 23.9 Å². The van der Waals surface area contributed by atoms with Gasteiger partial charge in [0, 0.05) is 38.6 Å². The number of hydrogen-bond acceptors (Lipinski definition) is 5. The summed E-state index contributed by atoms with van der Waals surface area (Å²) in [5, 5.41) is 11.9. The van der Waals surface area contributed by atoms with Crippen LogP contribution < -0.4 is 10.2 Å². The summed E-state index contributed by atoms with van der Waals surface area (Å²) in [6, 6.07) is 9.17. The monoisotopic (exact) mass is 336 g/mol. The number of piperazine rings is 1. The Bertz CT molecular complexity index is 747. The van der Waals surface area contributed by atoms with Crippen molar-refractivity contribution in [3.05, 3.63) is 54.0 Å². The molecular formula is C18H20N6O. The number of amides is 2. The first-order chi connectivity index (χ1) is 12.2. The molecule has 2 amide bonds. The molecule has 2 aromatic rings. The fourth-order valence-electron chi connectivity index (χ4n) is 2.80. The topological polar surface area (TPSA) is 85.2 Å².